The molecule has 0 unspecified atom stereocenters. The number of benzene rings is 2. The second-order valence-electron chi connectivity index (χ2n) is 6.65. The molecule has 0 radical (unpaired) electrons. The van der Waals surface area contributed by atoms with E-state index in [0.717, 1.165) is 37.0 Å². The molecule has 0 aliphatic carbocycles. The van der Waals surface area contributed by atoms with Crippen LogP contribution in [-0.2, 0) is 12.8 Å². The fraction of sp³-hybridized carbons (Fsp3) is 0.318. The van der Waals surface area contributed by atoms with Crippen LogP contribution in [-0.4, -0.2) is 30.5 Å². The second-order valence-corrected chi connectivity index (χ2v) is 6.65. The Balaban J connectivity index is 2.05. The molecule has 0 N–H and O–H groups in total. The van der Waals surface area contributed by atoms with Gasteiger partial charge in [0, 0.05) is 10.9 Å². The molecule has 2 heteroatoms. The summed E-state index contributed by atoms with van der Waals surface area (Å²) in [6.07, 6.45) is 3.27. The van der Waals surface area contributed by atoms with E-state index in [4.69, 9.17) is 4.98 Å². The van der Waals surface area contributed by atoms with Gasteiger partial charge in [-0.25, -0.2) is 4.98 Å². The van der Waals surface area contributed by atoms with Crippen molar-refractivity contribution >= 4 is 10.9 Å². The van der Waals surface area contributed by atoms with Gasteiger partial charge in [0.15, 0.2) is 0 Å². The average molecular weight is 318 g/mol. The average Bonchev–Trinajstić information content (AvgIpc) is 2.61. The zero-order valence-corrected chi connectivity index (χ0v) is 14.9. The molecule has 1 aromatic heterocycles. The van der Waals surface area contributed by atoms with Crippen molar-refractivity contribution in [3.05, 3.63) is 65.7 Å². The van der Waals surface area contributed by atoms with Gasteiger partial charge in [0.2, 0.25) is 0 Å². The molecule has 3 rings (SSSR count). The maximum absolute atomic E-state index is 5.00. The Bertz CT molecular complexity index is 807. The van der Waals surface area contributed by atoms with Crippen molar-refractivity contribution in [3.63, 3.8) is 0 Å². The number of nitrogens with zero attached hydrogens (tertiary/aromatic N) is 2. The van der Waals surface area contributed by atoms with Crippen LogP contribution < -0.4 is 0 Å². The van der Waals surface area contributed by atoms with E-state index in [1.165, 1.54) is 22.1 Å². The lowest BCUT2D eigenvalue weighted by atomic mass is 9.98. The molecule has 0 aliphatic heterocycles. The van der Waals surface area contributed by atoms with Gasteiger partial charge in [-0.1, -0.05) is 43.3 Å². The summed E-state index contributed by atoms with van der Waals surface area (Å²) in [7, 11) is 4.26. The Morgan fingerprint density at radius 3 is 2.46 bits per heavy atom. The molecule has 0 aliphatic rings. The first kappa shape index (κ1) is 16.7. The predicted octanol–water partition coefficient (Wildman–Crippen LogP) is 4.96. The molecular weight excluding hydrogens is 292 g/mol. The van der Waals surface area contributed by atoms with Crippen LogP contribution >= 0.6 is 0 Å². The second kappa shape index (κ2) is 7.59. The van der Waals surface area contributed by atoms with Crippen molar-refractivity contribution in [1.29, 1.82) is 0 Å². The van der Waals surface area contributed by atoms with E-state index in [1.54, 1.807) is 0 Å². The van der Waals surface area contributed by atoms with Gasteiger partial charge in [0.25, 0.3) is 0 Å². The van der Waals surface area contributed by atoms with Gasteiger partial charge in [-0.15, -0.1) is 0 Å². The molecular formula is C22H26N2. The Morgan fingerprint density at radius 2 is 1.75 bits per heavy atom. The maximum atomic E-state index is 5.00. The molecule has 24 heavy (non-hydrogen) atoms. The third-order valence-electron chi connectivity index (χ3n) is 4.47. The molecule has 124 valence electrons. The number of rotatable bonds is 6. The van der Waals surface area contributed by atoms with E-state index in [1.807, 2.05) is 0 Å². The summed E-state index contributed by atoms with van der Waals surface area (Å²) in [6, 6.07) is 19.5. The van der Waals surface area contributed by atoms with E-state index in [0.29, 0.717) is 0 Å². The first-order valence-electron chi connectivity index (χ1n) is 8.80. The predicted molar refractivity (Wildman–Crippen MR) is 103 cm³/mol. The minimum Gasteiger partial charge on any atom is -0.309 e. The standard InChI is InChI=1S/C22H26N2/c1-4-17-12-13-21-20(15-17)16-19(11-8-14-24(2)3)22(23-21)18-9-6-5-7-10-18/h5-7,9-10,12-13,15-16H,4,8,11,14H2,1-3H3. The first-order valence-corrected chi connectivity index (χ1v) is 8.80. The fourth-order valence-electron chi connectivity index (χ4n) is 3.11. The number of aromatic nitrogens is 1. The summed E-state index contributed by atoms with van der Waals surface area (Å²) < 4.78 is 0. The molecule has 3 aromatic rings. The lowest BCUT2D eigenvalue weighted by Gasteiger charge is -2.13. The summed E-state index contributed by atoms with van der Waals surface area (Å²) >= 11 is 0. The highest BCUT2D eigenvalue weighted by Gasteiger charge is 2.10. The molecule has 0 spiro atoms. The Kier molecular flexibility index (Phi) is 5.27. The molecule has 0 atom stereocenters. The Morgan fingerprint density at radius 1 is 0.958 bits per heavy atom. The lowest BCUT2D eigenvalue weighted by Crippen LogP contribution is -2.13. The zero-order chi connectivity index (χ0) is 16.9. The summed E-state index contributed by atoms with van der Waals surface area (Å²) in [4.78, 5) is 7.25. The number of hydrogen-bond donors (Lipinski definition) is 0. The number of hydrogen-bond acceptors (Lipinski definition) is 2. The number of pyridine rings is 1. The summed E-state index contributed by atoms with van der Waals surface area (Å²) in [6.45, 7) is 3.30. The van der Waals surface area contributed by atoms with Crippen molar-refractivity contribution in [2.45, 2.75) is 26.2 Å². The lowest BCUT2D eigenvalue weighted by molar-refractivity contribution is 0.400. The van der Waals surface area contributed by atoms with Crippen LogP contribution in [0, 0.1) is 0 Å². The van der Waals surface area contributed by atoms with Crippen molar-refractivity contribution in [2.24, 2.45) is 0 Å². The summed E-state index contributed by atoms with van der Waals surface area (Å²) in [5.41, 5.74) is 6.15. The van der Waals surface area contributed by atoms with E-state index in [9.17, 15) is 0 Å². The van der Waals surface area contributed by atoms with Crippen LogP contribution in [0.3, 0.4) is 0 Å². The number of aryl methyl sites for hydroxylation is 2. The summed E-state index contributed by atoms with van der Waals surface area (Å²) in [5, 5.41) is 1.26. The highest BCUT2D eigenvalue weighted by molar-refractivity contribution is 5.84. The maximum Gasteiger partial charge on any atom is 0.0741 e. The third-order valence-corrected chi connectivity index (χ3v) is 4.47. The van der Waals surface area contributed by atoms with Crippen LogP contribution in [0.1, 0.15) is 24.5 Å². The fourth-order valence-corrected chi connectivity index (χ4v) is 3.11. The molecule has 0 saturated heterocycles. The van der Waals surface area contributed by atoms with Gasteiger partial charge in [-0.3, -0.25) is 0 Å². The van der Waals surface area contributed by atoms with Gasteiger partial charge >= 0.3 is 0 Å². The highest BCUT2D eigenvalue weighted by Crippen LogP contribution is 2.27. The van der Waals surface area contributed by atoms with Gasteiger partial charge < -0.3 is 4.90 Å². The largest absolute Gasteiger partial charge is 0.309 e. The van der Waals surface area contributed by atoms with Gasteiger partial charge in [-0.05, 0) is 69.2 Å². The summed E-state index contributed by atoms with van der Waals surface area (Å²) in [5.74, 6) is 0. The van der Waals surface area contributed by atoms with Crippen LogP contribution in [0.15, 0.2) is 54.6 Å². The molecule has 1 heterocycles. The Hall–Kier alpha value is -2.19. The van der Waals surface area contributed by atoms with E-state index >= 15 is 0 Å². The molecule has 0 amide bonds. The quantitative estimate of drug-likeness (QED) is 0.638. The van der Waals surface area contributed by atoms with Crippen molar-refractivity contribution in [1.82, 2.24) is 9.88 Å². The zero-order valence-electron chi connectivity index (χ0n) is 14.9. The van der Waals surface area contributed by atoms with Gasteiger partial charge in [-0.2, -0.15) is 0 Å². The monoisotopic (exact) mass is 318 g/mol. The van der Waals surface area contributed by atoms with Crippen LogP contribution in [0.4, 0.5) is 0 Å². The van der Waals surface area contributed by atoms with Gasteiger partial charge in [0.1, 0.15) is 0 Å². The SMILES string of the molecule is CCc1ccc2nc(-c3ccccc3)c(CCCN(C)C)cc2c1. The molecule has 2 nitrogen and oxygen atoms in total. The first-order chi connectivity index (χ1) is 11.7. The van der Waals surface area contributed by atoms with Gasteiger partial charge in [0.05, 0.1) is 11.2 Å². The molecule has 2 aromatic carbocycles. The number of fused-ring (bicyclic) bond motifs is 1. The van der Waals surface area contributed by atoms with Crippen LogP contribution in [0.5, 0.6) is 0 Å². The van der Waals surface area contributed by atoms with Crippen molar-refractivity contribution < 1.29 is 0 Å². The van der Waals surface area contributed by atoms with Crippen LogP contribution in [0.2, 0.25) is 0 Å². The minimum atomic E-state index is 1.06. The minimum absolute atomic E-state index is 1.06. The van der Waals surface area contributed by atoms with E-state index in [-0.39, 0.29) is 0 Å². The van der Waals surface area contributed by atoms with Crippen molar-refractivity contribution in [2.75, 3.05) is 20.6 Å². The molecule has 0 bridgehead atoms. The van der Waals surface area contributed by atoms with E-state index < -0.39 is 0 Å². The topological polar surface area (TPSA) is 16.1 Å². The smallest absolute Gasteiger partial charge is 0.0741 e. The molecule has 0 fully saturated rings. The Labute approximate surface area is 145 Å². The highest BCUT2D eigenvalue weighted by atomic mass is 15.0. The normalized spacial score (nSPS) is 11.3. The third kappa shape index (κ3) is 3.82. The van der Waals surface area contributed by atoms with Crippen LogP contribution in [0.25, 0.3) is 22.2 Å². The molecule has 0 saturated carbocycles. The van der Waals surface area contributed by atoms with E-state index in [2.05, 4.69) is 80.5 Å². The van der Waals surface area contributed by atoms with Crippen molar-refractivity contribution in [3.8, 4) is 11.3 Å².